The monoisotopic (exact) mass is 369 g/mol. The molecule has 0 aliphatic rings. The summed E-state index contributed by atoms with van der Waals surface area (Å²) in [5.41, 5.74) is 5.92. The molecule has 110 valence electrons. The van der Waals surface area contributed by atoms with Crippen molar-refractivity contribution in [3.63, 3.8) is 0 Å². The predicted octanol–water partition coefficient (Wildman–Crippen LogP) is 2.32. The number of nitriles is 1. The maximum atomic E-state index is 12.5. The molecule has 0 unspecified atom stereocenters. The van der Waals surface area contributed by atoms with E-state index in [1.807, 2.05) is 6.07 Å². The van der Waals surface area contributed by atoms with E-state index in [0.717, 1.165) is 4.31 Å². The molecule has 6 nitrogen and oxygen atoms in total. The number of sulfonamides is 1. The Kier molecular flexibility index (Phi) is 4.37. The van der Waals surface area contributed by atoms with Crippen LogP contribution in [0.5, 0.6) is 0 Å². The van der Waals surface area contributed by atoms with Gasteiger partial charge in [-0.25, -0.2) is 8.42 Å². The lowest BCUT2D eigenvalue weighted by Crippen LogP contribution is -2.27. The maximum absolute atomic E-state index is 12.5. The highest BCUT2D eigenvalue weighted by Crippen LogP contribution is 2.23. The molecule has 0 radical (unpaired) electrons. The molecule has 0 fully saturated rings. The Balaban J connectivity index is 2.35. The van der Waals surface area contributed by atoms with Crippen LogP contribution in [-0.2, 0) is 16.6 Å². The molecule has 0 amide bonds. The lowest BCUT2D eigenvalue weighted by Gasteiger charge is -2.16. The van der Waals surface area contributed by atoms with Crippen LogP contribution in [0.1, 0.15) is 11.3 Å². The first-order valence-corrected chi connectivity index (χ1v) is 8.08. The highest BCUT2D eigenvalue weighted by Gasteiger charge is 2.25. The molecule has 2 N–H and O–H groups in total. The SMILES string of the molecule is CN(Cc1ccc(Br)o1)S(=O)(=O)c1ccc(N)cc1C#N. The smallest absolute Gasteiger partial charge is 0.244 e. The number of hydrogen-bond donors (Lipinski definition) is 1. The predicted molar refractivity (Wildman–Crippen MR) is 80.6 cm³/mol. The van der Waals surface area contributed by atoms with Crippen LogP contribution in [-0.4, -0.2) is 19.8 Å². The van der Waals surface area contributed by atoms with Crippen LogP contribution in [0.3, 0.4) is 0 Å². The summed E-state index contributed by atoms with van der Waals surface area (Å²) in [7, 11) is -2.39. The van der Waals surface area contributed by atoms with Crippen molar-refractivity contribution in [2.45, 2.75) is 11.4 Å². The van der Waals surface area contributed by atoms with Crippen LogP contribution >= 0.6 is 15.9 Å². The fraction of sp³-hybridized carbons (Fsp3) is 0.154. The lowest BCUT2D eigenvalue weighted by molar-refractivity contribution is 0.398. The standard InChI is InChI=1S/C13H12BrN3O3S/c1-17(8-11-3-5-13(14)20-11)21(18,19)12-4-2-10(16)6-9(12)7-15/h2-6H,8,16H2,1H3. The van der Waals surface area contributed by atoms with Gasteiger partial charge in [0.25, 0.3) is 0 Å². The summed E-state index contributed by atoms with van der Waals surface area (Å²) in [5, 5.41) is 9.07. The number of nitrogen functional groups attached to an aromatic ring is 1. The van der Waals surface area contributed by atoms with Crippen LogP contribution < -0.4 is 5.73 Å². The molecular formula is C13H12BrN3O3S. The van der Waals surface area contributed by atoms with E-state index in [2.05, 4.69) is 15.9 Å². The molecule has 0 saturated heterocycles. The van der Waals surface area contributed by atoms with E-state index < -0.39 is 10.0 Å². The molecule has 21 heavy (non-hydrogen) atoms. The second kappa shape index (κ2) is 5.89. The second-order valence-corrected chi connectivity index (χ2v) is 7.13. The third-order valence-electron chi connectivity index (χ3n) is 2.82. The van der Waals surface area contributed by atoms with Gasteiger partial charge in [-0.1, -0.05) is 0 Å². The minimum Gasteiger partial charge on any atom is -0.453 e. The third kappa shape index (κ3) is 3.26. The largest absolute Gasteiger partial charge is 0.453 e. The Bertz CT molecular complexity index is 808. The van der Waals surface area contributed by atoms with Gasteiger partial charge >= 0.3 is 0 Å². The van der Waals surface area contributed by atoms with Crippen molar-refractivity contribution >= 4 is 31.6 Å². The zero-order valence-electron chi connectivity index (χ0n) is 11.1. The summed E-state index contributed by atoms with van der Waals surface area (Å²) in [6.07, 6.45) is 0. The van der Waals surface area contributed by atoms with Gasteiger partial charge in [0.15, 0.2) is 4.67 Å². The van der Waals surface area contributed by atoms with Crippen molar-refractivity contribution in [1.82, 2.24) is 4.31 Å². The van der Waals surface area contributed by atoms with Crippen LogP contribution in [0.4, 0.5) is 5.69 Å². The molecule has 0 aliphatic carbocycles. The summed E-state index contributed by atoms with van der Waals surface area (Å²) in [5.74, 6) is 0.488. The molecule has 0 atom stereocenters. The Morgan fingerprint density at radius 1 is 1.38 bits per heavy atom. The van der Waals surface area contributed by atoms with Gasteiger partial charge in [0.2, 0.25) is 10.0 Å². The fourth-order valence-corrected chi connectivity index (χ4v) is 3.36. The molecule has 0 spiro atoms. The van der Waals surface area contributed by atoms with Gasteiger partial charge in [-0.15, -0.1) is 0 Å². The van der Waals surface area contributed by atoms with Crippen molar-refractivity contribution in [2.24, 2.45) is 0 Å². The number of hydrogen-bond acceptors (Lipinski definition) is 5. The van der Waals surface area contributed by atoms with Crippen molar-refractivity contribution in [1.29, 1.82) is 5.26 Å². The average molecular weight is 370 g/mol. The van der Waals surface area contributed by atoms with E-state index in [0.29, 0.717) is 16.1 Å². The quantitative estimate of drug-likeness (QED) is 0.833. The number of halogens is 1. The average Bonchev–Trinajstić information content (AvgIpc) is 2.83. The summed E-state index contributed by atoms with van der Waals surface area (Å²) >= 11 is 3.16. The molecule has 0 aliphatic heterocycles. The highest BCUT2D eigenvalue weighted by atomic mass is 79.9. The molecule has 1 heterocycles. The molecule has 1 aromatic carbocycles. The van der Waals surface area contributed by atoms with Gasteiger partial charge in [-0.3, -0.25) is 0 Å². The van der Waals surface area contributed by atoms with Crippen LogP contribution in [0.15, 0.2) is 44.3 Å². The Hall–Kier alpha value is -1.82. The van der Waals surface area contributed by atoms with Gasteiger partial charge in [0, 0.05) is 12.7 Å². The maximum Gasteiger partial charge on any atom is 0.244 e. The number of anilines is 1. The second-order valence-electron chi connectivity index (χ2n) is 4.33. The molecule has 2 rings (SSSR count). The molecule has 2 aromatic rings. The minimum atomic E-state index is -3.81. The van der Waals surface area contributed by atoms with Gasteiger partial charge in [0.1, 0.15) is 16.7 Å². The zero-order chi connectivity index (χ0) is 15.6. The number of nitrogens with zero attached hydrogens (tertiary/aromatic N) is 2. The third-order valence-corrected chi connectivity index (χ3v) is 5.11. The van der Waals surface area contributed by atoms with Gasteiger partial charge in [-0.2, -0.15) is 9.57 Å². The minimum absolute atomic E-state index is 0.0162. The lowest BCUT2D eigenvalue weighted by atomic mass is 10.2. The summed E-state index contributed by atoms with van der Waals surface area (Å²) in [6.45, 7) is 0.0587. The summed E-state index contributed by atoms with van der Waals surface area (Å²) in [4.78, 5) is -0.0766. The molecule has 0 bridgehead atoms. The van der Waals surface area contributed by atoms with Crippen molar-refractivity contribution in [3.05, 3.63) is 46.3 Å². The van der Waals surface area contributed by atoms with Gasteiger partial charge in [0.05, 0.1) is 12.1 Å². The first-order chi connectivity index (χ1) is 9.84. The topological polar surface area (TPSA) is 100 Å². The van der Waals surface area contributed by atoms with E-state index in [9.17, 15) is 8.42 Å². The number of rotatable bonds is 4. The van der Waals surface area contributed by atoms with Crippen molar-refractivity contribution in [2.75, 3.05) is 12.8 Å². The van der Waals surface area contributed by atoms with Gasteiger partial charge in [-0.05, 0) is 46.3 Å². The Morgan fingerprint density at radius 2 is 2.10 bits per heavy atom. The van der Waals surface area contributed by atoms with E-state index in [1.165, 1.54) is 25.2 Å². The van der Waals surface area contributed by atoms with Crippen molar-refractivity contribution in [3.8, 4) is 6.07 Å². The fourth-order valence-electron chi connectivity index (χ4n) is 1.77. The normalized spacial score (nSPS) is 11.5. The Labute approximate surface area is 130 Å². The summed E-state index contributed by atoms with van der Waals surface area (Å²) < 4.78 is 32.0. The zero-order valence-corrected chi connectivity index (χ0v) is 13.5. The first-order valence-electron chi connectivity index (χ1n) is 5.85. The Morgan fingerprint density at radius 3 is 2.67 bits per heavy atom. The number of benzene rings is 1. The number of furan rings is 1. The molecule has 8 heteroatoms. The van der Waals surface area contributed by atoms with Gasteiger partial charge < -0.3 is 10.2 Å². The highest BCUT2D eigenvalue weighted by molar-refractivity contribution is 9.10. The summed E-state index contributed by atoms with van der Waals surface area (Å²) in [6, 6.07) is 9.32. The molecular weight excluding hydrogens is 358 g/mol. The van der Waals surface area contributed by atoms with E-state index >= 15 is 0 Å². The van der Waals surface area contributed by atoms with E-state index in [4.69, 9.17) is 15.4 Å². The number of nitrogens with two attached hydrogens (primary N) is 1. The van der Waals surface area contributed by atoms with E-state index in [-0.39, 0.29) is 17.0 Å². The van der Waals surface area contributed by atoms with Crippen LogP contribution in [0.2, 0.25) is 0 Å². The van der Waals surface area contributed by atoms with Crippen LogP contribution in [0, 0.1) is 11.3 Å². The van der Waals surface area contributed by atoms with Crippen molar-refractivity contribution < 1.29 is 12.8 Å². The molecule has 0 saturated carbocycles. The molecule has 1 aromatic heterocycles. The van der Waals surface area contributed by atoms with Crippen LogP contribution in [0.25, 0.3) is 0 Å². The van der Waals surface area contributed by atoms with E-state index in [1.54, 1.807) is 12.1 Å². The first kappa shape index (κ1) is 15.6.